The van der Waals surface area contributed by atoms with Crippen LogP contribution in [0.25, 0.3) is 27.8 Å². The molecule has 1 atom stereocenters. The van der Waals surface area contributed by atoms with Crippen LogP contribution in [-0.4, -0.2) is 52.9 Å². The topological polar surface area (TPSA) is 101 Å². The first-order valence-electron chi connectivity index (χ1n) is 10.9. The van der Waals surface area contributed by atoms with E-state index in [1.165, 1.54) is 12.1 Å². The zero-order valence-electron chi connectivity index (χ0n) is 18.4. The van der Waals surface area contributed by atoms with Crippen LogP contribution >= 0.6 is 11.6 Å². The molecule has 1 amide bonds. The van der Waals surface area contributed by atoms with Crippen molar-refractivity contribution in [2.75, 3.05) is 18.1 Å². The average Bonchev–Trinajstić information content (AvgIpc) is 3.37. The minimum atomic E-state index is -3.34. The number of amides is 1. The molecule has 0 bridgehead atoms. The van der Waals surface area contributed by atoms with Crippen LogP contribution in [0.2, 0.25) is 5.02 Å². The van der Waals surface area contributed by atoms with Crippen molar-refractivity contribution in [3.8, 4) is 16.9 Å². The summed E-state index contributed by atoms with van der Waals surface area (Å²) in [6.07, 6.45) is 0.143. The fourth-order valence-corrected chi connectivity index (χ4v) is 6.60. The normalized spacial score (nSPS) is 19.2. The van der Waals surface area contributed by atoms with Gasteiger partial charge in [-0.1, -0.05) is 29.8 Å². The van der Waals surface area contributed by atoms with Gasteiger partial charge in [0, 0.05) is 16.5 Å². The fourth-order valence-electron chi connectivity index (χ4n) is 4.38. The van der Waals surface area contributed by atoms with Crippen LogP contribution < -0.4 is 5.32 Å². The summed E-state index contributed by atoms with van der Waals surface area (Å²) in [5.74, 6) is -1.30. The maximum atomic E-state index is 13.6. The Morgan fingerprint density at radius 3 is 2.54 bits per heavy atom. The van der Waals surface area contributed by atoms with Gasteiger partial charge in [0.05, 0.1) is 39.9 Å². The van der Waals surface area contributed by atoms with Gasteiger partial charge in [-0.3, -0.25) is 4.79 Å². The molecule has 1 saturated heterocycles. The lowest BCUT2D eigenvalue weighted by Crippen LogP contribution is -2.52. The molecule has 0 radical (unpaired) electrons. The quantitative estimate of drug-likeness (QED) is 0.423. The lowest BCUT2D eigenvalue weighted by molar-refractivity contribution is 0.0858. The number of nitrogens with one attached hydrogen (secondary N) is 1. The molecule has 35 heavy (non-hydrogen) atoms. The Kier molecular flexibility index (Phi) is 5.86. The third kappa shape index (κ3) is 4.42. The van der Waals surface area contributed by atoms with E-state index in [0.717, 1.165) is 5.39 Å². The second kappa shape index (κ2) is 8.75. The van der Waals surface area contributed by atoms with Crippen molar-refractivity contribution >= 4 is 38.2 Å². The third-order valence-electron chi connectivity index (χ3n) is 6.21. The number of benzene rings is 3. The molecule has 10 heteroatoms. The number of sulfone groups is 1. The Morgan fingerprint density at radius 1 is 1.14 bits per heavy atom. The first-order valence-corrected chi connectivity index (χ1v) is 13.1. The van der Waals surface area contributed by atoms with E-state index < -0.39 is 33.7 Å². The zero-order chi connectivity index (χ0) is 24.8. The number of aromatic nitrogens is 2. The third-order valence-corrected chi connectivity index (χ3v) is 8.36. The van der Waals surface area contributed by atoms with Crippen LogP contribution in [0.5, 0.6) is 0 Å². The zero-order valence-corrected chi connectivity index (χ0v) is 20.0. The van der Waals surface area contributed by atoms with Crippen LogP contribution in [0.3, 0.4) is 0 Å². The van der Waals surface area contributed by atoms with E-state index >= 15 is 0 Å². The summed E-state index contributed by atoms with van der Waals surface area (Å²) >= 11 is 6.43. The van der Waals surface area contributed by atoms with E-state index in [9.17, 15) is 22.7 Å². The maximum absolute atomic E-state index is 13.6. The number of aliphatic hydroxyl groups excluding tert-OH is 1. The number of nitrogens with zero attached hydrogens (tertiary/aromatic N) is 2. The smallest absolute Gasteiger partial charge is 0.251 e. The molecule has 1 aliphatic rings. The van der Waals surface area contributed by atoms with Crippen LogP contribution in [-0.2, 0) is 9.84 Å². The number of hydrogen-bond acceptors (Lipinski definition) is 5. The second-order valence-electron chi connectivity index (χ2n) is 8.68. The van der Waals surface area contributed by atoms with Gasteiger partial charge in [-0.25, -0.2) is 17.5 Å². The molecule has 0 spiro atoms. The summed E-state index contributed by atoms with van der Waals surface area (Å²) in [7, 11) is -3.34. The van der Waals surface area contributed by atoms with Crippen molar-refractivity contribution < 1.29 is 22.7 Å². The Bertz CT molecular complexity index is 1550. The van der Waals surface area contributed by atoms with Gasteiger partial charge < -0.3 is 10.4 Å². The molecule has 3 aromatic carbocycles. The summed E-state index contributed by atoms with van der Waals surface area (Å²) < 4.78 is 39.1. The monoisotopic (exact) mass is 513 g/mol. The SMILES string of the molecule is O=C(NC1(CO)CCS(=O)(=O)C1)c1ccc2c(-c3ccccc3Cl)nn(-c3ccc(F)cc3)c2c1. The van der Waals surface area contributed by atoms with E-state index in [4.69, 9.17) is 16.7 Å². The molecule has 2 N–H and O–H groups in total. The molecule has 180 valence electrons. The summed E-state index contributed by atoms with van der Waals surface area (Å²) in [6.45, 7) is -0.482. The van der Waals surface area contributed by atoms with Crippen LogP contribution in [0.1, 0.15) is 16.8 Å². The lowest BCUT2D eigenvalue weighted by Gasteiger charge is -2.26. The highest BCUT2D eigenvalue weighted by atomic mass is 35.5. The van der Waals surface area contributed by atoms with Crippen LogP contribution in [0, 0.1) is 5.82 Å². The number of halogens is 2. The number of carbonyl (C=O) groups excluding carboxylic acids is 1. The van der Waals surface area contributed by atoms with Crippen LogP contribution in [0.4, 0.5) is 4.39 Å². The molecule has 5 rings (SSSR count). The maximum Gasteiger partial charge on any atom is 0.251 e. The van der Waals surface area contributed by atoms with Gasteiger partial charge in [-0.15, -0.1) is 0 Å². The molecule has 0 saturated carbocycles. The van der Waals surface area contributed by atoms with Gasteiger partial charge in [-0.2, -0.15) is 5.10 Å². The second-order valence-corrected chi connectivity index (χ2v) is 11.3. The number of aliphatic hydroxyl groups is 1. The first-order chi connectivity index (χ1) is 16.7. The van der Waals surface area contributed by atoms with Gasteiger partial charge in [-0.05, 0) is 55.0 Å². The minimum Gasteiger partial charge on any atom is -0.394 e. The molecule has 0 aliphatic carbocycles. The summed E-state index contributed by atoms with van der Waals surface area (Å²) in [5, 5.41) is 18.5. The number of fused-ring (bicyclic) bond motifs is 1. The van der Waals surface area contributed by atoms with E-state index in [1.54, 1.807) is 41.1 Å². The van der Waals surface area contributed by atoms with E-state index in [2.05, 4.69) is 5.32 Å². The number of hydrogen-bond donors (Lipinski definition) is 2. The highest BCUT2D eigenvalue weighted by Gasteiger charge is 2.43. The standard InChI is InChI=1S/C25H21ClFN3O4S/c26-21-4-2-1-3-19(21)23-20-10-5-16(24(32)28-25(14-31)11-12-35(33,34)15-25)13-22(20)30(29-23)18-8-6-17(27)7-9-18/h1-10,13,31H,11-12,14-15H2,(H,28,32). The fraction of sp³-hybridized carbons (Fsp3) is 0.200. The Hall–Kier alpha value is -3.27. The van der Waals surface area contributed by atoms with Gasteiger partial charge >= 0.3 is 0 Å². The summed E-state index contributed by atoms with van der Waals surface area (Å²) in [4.78, 5) is 13.1. The predicted molar refractivity (Wildman–Crippen MR) is 132 cm³/mol. The summed E-state index contributed by atoms with van der Waals surface area (Å²) in [5.41, 5.74) is 1.51. The predicted octanol–water partition coefficient (Wildman–Crippen LogP) is 3.76. The Morgan fingerprint density at radius 2 is 1.89 bits per heavy atom. The highest BCUT2D eigenvalue weighted by Crippen LogP contribution is 2.34. The Balaban J connectivity index is 1.62. The van der Waals surface area contributed by atoms with Crippen molar-refractivity contribution in [2.24, 2.45) is 0 Å². The Labute approximate surface area is 206 Å². The molecule has 4 aromatic rings. The molecular formula is C25H21ClFN3O4S. The van der Waals surface area contributed by atoms with Crippen molar-refractivity contribution in [1.29, 1.82) is 0 Å². The van der Waals surface area contributed by atoms with Crippen molar-refractivity contribution in [3.05, 3.63) is 83.1 Å². The summed E-state index contributed by atoms with van der Waals surface area (Å²) in [6, 6.07) is 18.0. The van der Waals surface area contributed by atoms with Gasteiger partial charge in [0.1, 0.15) is 11.5 Å². The van der Waals surface area contributed by atoms with Crippen molar-refractivity contribution in [1.82, 2.24) is 15.1 Å². The van der Waals surface area contributed by atoms with Crippen LogP contribution in [0.15, 0.2) is 66.7 Å². The van der Waals surface area contributed by atoms with Gasteiger partial charge in [0.2, 0.25) is 0 Å². The van der Waals surface area contributed by atoms with Crippen molar-refractivity contribution in [2.45, 2.75) is 12.0 Å². The molecule has 1 aliphatic heterocycles. The molecule has 7 nitrogen and oxygen atoms in total. The average molecular weight is 514 g/mol. The van der Waals surface area contributed by atoms with E-state index in [1.807, 2.05) is 18.2 Å². The van der Waals surface area contributed by atoms with E-state index in [-0.39, 0.29) is 23.5 Å². The lowest BCUT2D eigenvalue weighted by atomic mass is 9.99. The number of rotatable bonds is 5. The van der Waals surface area contributed by atoms with Gasteiger partial charge in [0.15, 0.2) is 9.84 Å². The molecule has 1 unspecified atom stereocenters. The van der Waals surface area contributed by atoms with Gasteiger partial charge in [0.25, 0.3) is 5.91 Å². The molecule has 2 heterocycles. The molecule has 1 aromatic heterocycles. The largest absolute Gasteiger partial charge is 0.394 e. The molecular weight excluding hydrogens is 493 g/mol. The first kappa shape index (κ1) is 23.5. The van der Waals surface area contributed by atoms with Crippen molar-refractivity contribution in [3.63, 3.8) is 0 Å². The number of carbonyl (C=O) groups is 1. The highest BCUT2D eigenvalue weighted by molar-refractivity contribution is 7.91. The minimum absolute atomic E-state index is 0.0919. The molecule has 1 fully saturated rings. The van der Waals surface area contributed by atoms with E-state index in [0.29, 0.717) is 27.5 Å².